The van der Waals surface area contributed by atoms with Crippen LogP contribution in [-0.4, -0.2) is 34.7 Å². The summed E-state index contributed by atoms with van der Waals surface area (Å²) in [7, 11) is 0. The van der Waals surface area contributed by atoms with Gasteiger partial charge in [-0.15, -0.1) is 0 Å². The monoisotopic (exact) mass is 435 g/mol. The lowest BCUT2D eigenvalue weighted by Crippen LogP contribution is -2.16. The van der Waals surface area contributed by atoms with E-state index in [0.29, 0.717) is 11.6 Å². The molecule has 0 aliphatic rings. The third-order valence-electron chi connectivity index (χ3n) is 4.21. The Morgan fingerprint density at radius 2 is 1.80 bits per heavy atom. The molecule has 0 saturated carbocycles. The van der Waals surface area contributed by atoms with Gasteiger partial charge in [-0.25, -0.2) is 24.9 Å². The van der Waals surface area contributed by atoms with Crippen molar-refractivity contribution < 1.29 is 13.2 Å². The van der Waals surface area contributed by atoms with Crippen LogP contribution in [0, 0.1) is 0 Å². The summed E-state index contributed by atoms with van der Waals surface area (Å²) in [6.45, 7) is 1.74. The fourth-order valence-corrected chi connectivity index (χ4v) is 3.15. The Morgan fingerprint density at radius 1 is 1.03 bits per heavy atom. The van der Waals surface area contributed by atoms with Crippen molar-refractivity contribution in [2.75, 3.05) is 11.1 Å². The highest BCUT2D eigenvalue weighted by atomic mass is 35.5. The number of anilines is 2. The van der Waals surface area contributed by atoms with Gasteiger partial charge in [-0.1, -0.05) is 11.6 Å². The number of alkyl halides is 3. The first-order valence-electron chi connectivity index (χ1n) is 8.50. The summed E-state index contributed by atoms with van der Waals surface area (Å²) in [5.74, 6) is 1.23. The Labute approximate surface area is 172 Å². The van der Waals surface area contributed by atoms with Gasteiger partial charge in [0, 0.05) is 16.5 Å². The van der Waals surface area contributed by atoms with Crippen LogP contribution >= 0.6 is 11.6 Å². The Bertz CT molecular complexity index is 1220. The normalized spacial score (nSPS) is 12.8. The average Bonchev–Trinajstić information content (AvgIpc) is 3.17. The predicted octanol–water partition coefficient (Wildman–Crippen LogP) is 3.43. The standard InChI is InChI=1S/C17H13ClF3N9/c1-8(16-27-7-28-30(16)13-4-12(22)23-5-24-13)29-15-10-2-9(18)3-11(17(19,20)21)14(10)25-6-26-15/h2-8H,1H3,(H2,22,23,24)(H,25,26,29)/t8-/m0/s1. The number of nitrogen functional groups attached to an aromatic ring is 1. The first kappa shape index (κ1) is 19.8. The molecule has 9 nitrogen and oxygen atoms in total. The molecule has 0 aliphatic heterocycles. The molecule has 4 rings (SSSR count). The molecule has 0 amide bonds. The summed E-state index contributed by atoms with van der Waals surface area (Å²) in [5, 5.41) is 7.22. The molecule has 3 N–H and O–H groups in total. The molecule has 13 heteroatoms. The molecule has 0 bridgehead atoms. The quantitative estimate of drug-likeness (QED) is 0.500. The molecule has 30 heavy (non-hydrogen) atoms. The van der Waals surface area contributed by atoms with Crippen LogP contribution in [0.2, 0.25) is 5.02 Å². The van der Waals surface area contributed by atoms with Crippen molar-refractivity contribution in [1.82, 2.24) is 34.7 Å². The maximum absolute atomic E-state index is 13.4. The Morgan fingerprint density at radius 3 is 2.53 bits per heavy atom. The van der Waals surface area contributed by atoms with Crippen LogP contribution in [-0.2, 0) is 6.18 Å². The maximum Gasteiger partial charge on any atom is 0.418 e. The van der Waals surface area contributed by atoms with Gasteiger partial charge in [0.25, 0.3) is 0 Å². The molecule has 0 aliphatic carbocycles. The van der Waals surface area contributed by atoms with Crippen molar-refractivity contribution in [1.29, 1.82) is 0 Å². The number of benzene rings is 1. The SMILES string of the molecule is C[C@H](Nc1ncnc2c(C(F)(F)F)cc(Cl)cc12)c1ncnn1-c1cc(N)ncn1. The van der Waals surface area contributed by atoms with Gasteiger partial charge in [-0.2, -0.15) is 23.0 Å². The Kier molecular flexibility index (Phi) is 4.86. The summed E-state index contributed by atoms with van der Waals surface area (Å²) in [4.78, 5) is 20.0. The number of rotatable bonds is 4. The van der Waals surface area contributed by atoms with Crippen molar-refractivity contribution in [3.05, 3.63) is 53.6 Å². The lowest BCUT2D eigenvalue weighted by Gasteiger charge is -2.17. The zero-order valence-electron chi connectivity index (χ0n) is 15.3. The molecule has 1 atom stereocenters. The molecule has 0 spiro atoms. The smallest absolute Gasteiger partial charge is 0.384 e. The van der Waals surface area contributed by atoms with Gasteiger partial charge in [0.05, 0.1) is 17.1 Å². The van der Waals surface area contributed by atoms with Crippen LogP contribution in [0.15, 0.2) is 37.2 Å². The van der Waals surface area contributed by atoms with Gasteiger partial charge in [-0.3, -0.25) is 0 Å². The van der Waals surface area contributed by atoms with Crippen LogP contribution in [0.3, 0.4) is 0 Å². The van der Waals surface area contributed by atoms with E-state index in [0.717, 1.165) is 12.4 Å². The predicted molar refractivity (Wildman–Crippen MR) is 103 cm³/mol. The maximum atomic E-state index is 13.4. The van der Waals surface area contributed by atoms with Crippen molar-refractivity contribution in [2.45, 2.75) is 19.1 Å². The zero-order chi connectivity index (χ0) is 21.5. The molecule has 3 aromatic heterocycles. The van der Waals surface area contributed by atoms with Crippen molar-refractivity contribution in [3.63, 3.8) is 0 Å². The molecule has 0 saturated heterocycles. The van der Waals surface area contributed by atoms with Crippen LogP contribution in [0.1, 0.15) is 24.4 Å². The van der Waals surface area contributed by atoms with E-state index in [2.05, 4.69) is 35.3 Å². The summed E-state index contributed by atoms with van der Waals surface area (Å²) >= 11 is 5.92. The number of nitrogens with zero attached hydrogens (tertiary/aromatic N) is 7. The number of aromatic nitrogens is 7. The second-order valence-corrected chi connectivity index (χ2v) is 6.70. The second-order valence-electron chi connectivity index (χ2n) is 6.27. The van der Waals surface area contributed by atoms with Gasteiger partial charge in [0.1, 0.15) is 30.6 Å². The van der Waals surface area contributed by atoms with E-state index in [4.69, 9.17) is 17.3 Å². The Balaban J connectivity index is 1.74. The van der Waals surface area contributed by atoms with Gasteiger partial charge in [0.15, 0.2) is 11.6 Å². The van der Waals surface area contributed by atoms with E-state index in [1.165, 1.54) is 29.5 Å². The molecule has 4 aromatic rings. The number of hydrogen-bond donors (Lipinski definition) is 2. The minimum atomic E-state index is -4.62. The van der Waals surface area contributed by atoms with Gasteiger partial charge in [-0.05, 0) is 19.1 Å². The summed E-state index contributed by atoms with van der Waals surface area (Å²) in [6.07, 6.45) is -0.959. The molecule has 0 fully saturated rings. The van der Waals surface area contributed by atoms with E-state index in [9.17, 15) is 13.2 Å². The van der Waals surface area contributed by atoms with Crippen molar-refractivity contribution in [3.8, 4) is 5.82 Å². The summed E-state index contributed by atoms with van der Waals surface area (Å²) < 4.78 is 41.7. The fraction of sp³-hybridized carbons (Fsp3) is 0.176. The van der Waals surface area contributed by atoms with E-state index >= 15 is 0 Å². The van der Waals surface area contributed by atoms with Crippen LogP contribution in [0.25, 0.3) is 16.7 Å². The van der Waals surface area contributed by atoms with E-state index < -0.39 is 17.8 Å². The molecular weight excluding hydrogens is 423 g/mol. The second kappa shape index (κ2) is 7.37. The molecular formula is C17H13ClF3N9. The topological polar surface area (TPSA) is 120 Å². The lowest BCUT2D eigenvalue weighted by atomic mass is 10.1. The van der Waals surface area contributed by atoms with Crippen molar-refractivity contribution >= 4 is 34.1 Å². The molecule has 3 heterocycles. The minimum absolute atomic E-state index is 0.0834. The number of nitrogens with one attached hydrogen (secondary N) is 1. The van der Waals surface area contributed by atoms with Crippen LogP contribution in [0.5, 0.6) is 0 Å². The average molecular weight is 436 g/mol. The largest absolute Gasteiger partial charge is 0.418 e. The molecule has 1 aromatic carbocycles. The first-order valence-corrected chi connectivity index (χ1v) is 8.87. The number of hydrogen-bond acceptors (Lipinski definition) is 8. The summed E-state index contributed by atoms with van der Waals surface area (Å²) in [5.41, 5.74) is 4.49. The van der Waals surface area contributed by atoms with E-state index in [-0.39, 0.29) is 27.6 Å². The molecule has 154 valence electrons. The zero-order valence-corrected chi connectivity index (χ0v) is 16.0. The lowest BCUT2D eigenvalue weighted by molar-refractivity contribution is -0.136. The first-order chi connectivity index (χ1) is 14.2. The highest BCUT2D eigenvalue weighted by Gasteiger charge is 2.34. The summed E-state index contributed by atoms with van der Waals surface area (Å²) in [6, 6.07) is 3.20. The third-order valence-corrected chi connectivity index (χ3v) is 4.43. The highest BCUT2D eigenvalue weighted by Crippen LogP contribution is 2.38. The van der Waals surface area contributed by atoms with Gasteiger partial charge in [0.2, 0.25) is 0 Å². The minimum Gasteiger partial charge on any atom is -0.384 e. The molecule has 0 unspecified atom stereocenters. The third kappa shape index (κ3) is 3.68. The Hall–Kier alpha value is -3.54. The van der Waals surface area contributed by atoms with Gasteiger partial charge < -0.3 is 11.1 Å². The van der Waals surface area contributed by atoms with Crippen molar-refractivity contribution in [2.24, 2.45) is 0 Å². The van der Waals surface area contributed by atoms with E-state index in [1.807, 2.05) is 0 Å². The fourth-order valence-electron chi connectivity index (χ4n) is 2.93. The molecule has 0 radical (unpaired) electrons. The number of fused-ring (bicyclic) bond motifs is 1. The van der Waals surface area contributed by atoms with E-state index in [1.54, 1.807) is 6.92 Å². The van der Waals surface area contributed by atoms with Crippen LogP contribution < -0.4 is 11.1 Å². The van der Waals surface area contributed by atoms with Crippen LogP contribution in [0.4, 0.5) is 24.8 Å². The highest BCUT2D eigenvalue weighted by molar-refractivity contribution is 6.31. The number of nitrogens with two attached hydrogens (primary N) is 1. The number of halogens is 4. The van der Waals surface area contributed by atoms with Gasteiger partial charge >= 0.3 is 6.18 Å².